The molecular formula is C28H37NO2. The van der Waals surface area contributed by atoms with Gasteiger partial charge in [-0.2, -0.15) is 0 Å². The van der Waals surface area contributed by atoms with E-state index in [9.17, 15) is 4.79 Å². The van der Waals surface area contributed by atoms with Crippen LogP contribution in [0.1, 0.15) is 79.8 Å². The highest BCUT2D eigenvalue weighted by Crippen LogP contribution is 2.12. The fourth-order valence-electron chi connectivity index (χ4n) is 3.47. The van der Waals surface area contributed by atoms with Crippen LogP contribution in [0, 0.1) is 18.8 Å². The van der Waals surface area contributed by atoms with Crippen LogP contribution in [0.4, 0.5) is 5.69 Å². The Morgan fingerprint density at radius 2 is 1.61 bits per heavy atom. The van der Waals surface area contributed by atoms with Gasteiger partial charge in [-0.1, -0.05) is 67.9 Å². The fourth-order valence-corrected chi connectivity index (χ4v) is 3.47. The fraction of sp³-hybridized carbons (Fsp3) is 0.464. The molecule has 0 spiro atoms. The molecule has 3 heteroatoms. The summed E-state index contributed by atoms with van der Waals surface area (Å²) in [6.45, 7) is 5.31. The minimum atomic E-state index is -0.261. The third-order valence-corrected chi connectivity index (χ3v) is 5.20. The molecule has 0 radical (unpaired) electrons. The van der Waals surface area contributed by atoms with Gasteiger partial charge in [0, 0.05) is 25.1 Å². The number of aryl methyl sites for hydroxylation is 1. The van der Waals surface area contributed by atoms with Gasteiger partial charge in [-0.25, -0.2) is 4.79 Å². The van der Waals surface area contributed by atoms with Gasteiger partial charge in [-0.05, 0) is 56.5 Å². The number of rotatable bonds is 13. The van der Waals surface area contributed by atoms with Crippen molar-refractivity contribution in [2.75, 3.05) is 18.5 Å². The number of carbonyl (C=O) groups is 1. The summed E-state index contributed by atoms with van der Waals surface area (Å²) < 4.78 is 5.00. The molecule has 2 aromatic rings. The van der Waals surface area contributed by atoms with Crippen molar-refractivity contribution >= 4 is 11.7 Å². The van der Waals surface area contributed by atoms with E-state index in [1.54, 1.807) is 0 Å². The first-order valence-electron chi connectivity index (χ1n) is 11.7. The van der Waals surface area contributed by atoms with E-state index in [0.29, 0.717) is 12.2 Å². The Balaban J connectivity index is 1.42. The standard InChI is InChI=1S/C28H37NO2/c1-3-31-28(30)26-18-20-27(21-19-26)29-22-13-11-9-7-5-4-6-8-10-12-16-25-17-14-15-24(2)23-25/h14-15,17-21,23,29H,3-9,11,13,16,22H2,1-2H3. The number of benzene rings is 2. The monoisotopic (exact) mass is 419 g/mol. The Kier molecular flexibility index (Phi) is 12.0. The molecule has 0 heterocycles. The van der Waals surface area contributed by atoms with E-state index in [1.807, 2.05) is 31.2 Å². The van der Waals surface area contributed by atoms with E-state index in [-0.39, 0.29) is 5.97 Å². The Labute approximate surface area is 188 Å². The maximum Gasteiger partial charge on any atom is 0.338 e. The van der Waals surface area contributed by atoms with Crippen molar-refractivity contribution in [1.29, 1.82) is 0 Å². The van der Waals surface area contributed by atoms with Crippen LogP contribution < -0.4 is 5.32 Å². The number of esters is 1. The molecule has 0 aromatic heterocycles. The van der Waals surface area contributed by atoms with Crippen molar-refractivity contribution in [2.45, 2.75) is 71.6 Å². The zero-order chi connectivity index (χ0) is 22.2. The SMILES string of the molecule is CCOC(=O)c1ccc(NCCCCCCCCCC#CCc2cccc(C)c2)cc1. The van der Waals surface area contributed by atoms with Crippen LogP contribution >= 0.6 is 0 Å². The van der Waals surface area contributed by atoms with Crippen LogP contribution in [0.15, 0.2) is 48.5 Å². The Morgan fingerprint density at radius 3 is 2.32 bits per heavy atom. The van der Waals surface area contributed by atoms with Crippen LogP contribution in [0.5, 0.6) is 0 Å². The Bertz CT molecular complexity index is 830. The Hall–Kier alpha value is -2.73. The lowest BCUT2D eigenvalue weighted by Gasteiger charge is -2.07. The van der Waals surface area contributed by atoms with Gasteiger partial charge in [0.05, 0.1) is 12.2 Å². The number of ether oxygens (including phenoxy) is 1. The van der Waals surface area contributed by atoms with Gasteiger partial charge in [0.2, 0.25) is 0 Å². The van der Waals surface area contributed by atoms with Gasteiger partial charge in [-0.15, -0.1) is 5.92 Å². The van der Waals surface area contributed by atoms with Crippen LogP contribution in [-0.2, 0) is 11.2 Å². The summed E-state index contributed by atoms with van der Waals surface area (Å²) in [5, 5.41) is 3.42. The first-order chi connectivity index (χ1) is 15.2. The van der Waals surface area contributed by atoms with Gasteiger partial charge in [0.25, 0.3) is 0 Å². The molecule has 0 saturated heterocycles. The molecule has 0 saturated carbocycles. The second kappa shape index (κ2) is 15.1. The molecule has 166 valence electrons. The van der Waals surface area contributed by atoms with E-state index < -0.39 is 0 Å². The molecule has 0 atom stereocenters. The highest BCUT2D eigenvalue weighted by atomic mass is 16.5. The number of carbonyl (C=O) groups excluding carboxylic acids is 1. The molecule has 2 rings (SSSR count). The Morgan fingerprint density at radius 1 is 0.903 bits per heavy atom. The van der Waals surface area contributed by atoms with Gasteiger partial charge >= 0.3 is 5.97 Å². The number of unbranched alkanes of at least 4 members (excludes halogenated alkanes) is 7. The minimum absolute atomic E-state index is 0.261. The van der Waals surface area contributed by atoms with Crippen LogP contribution in [-0.4, -0.2) is 19.1 Å². The molecule has 31 heavy (non-hydrogen) atoms. The van der Waals surface area contributed by atoms with Crippen molar-refractivity contribution in [2.24, 2.45) is 0 Å². The molecule has 0 fully saturated rings. The van der Waals surface area contributed by atoms with Crippen molar-refractivity contribution in [3.8, 4) is 11.8 Å². The molecule has 0 aliphatic carbocycles. The van der Waals surface area contributed by atoms with Crippen LogP contribution in [0.25, 0.3) is 0 Å². The maximum absolute atomic E-state index is 11.6. The molecule has 0 unspecified atom stereocenters. The summed E-state index contributed by atoms with van der Waals surface area (Å²) in [5.41, 5.74) is 4.27. The van der Waals surface area contributed by atoms with Crippen molar-refractivity contribution in [1.82, 2.24) is 0 Å². The lowest BCUT2D eigenvalue weighted by atomic mass is 10.1. The number of hydrogen-bond acceptors (Lipinski definition) is 3. The summed E-state index contributed by atoms with van der Waals surface area (Å²) in [6, 6.07) is 16.1. The van der Waals surface area contributed by atoms with E-state index >= 15 is 0 Å². The van der Waals surface area contributed by atoms with Gasteiger partial charge in [0.1, 0.15) is 0 Å². The minimum Gasteiger partial charge on any atom is -0.462 e. The zero-order valence-corrected chi connectivity index (χ0v) is 19.2. The lowest BCUT2D eigenvalue weighted by Crippen LogP contribution is -2.05. The molecular weight excluding hydrogens is 382 g/mol. The highest BCUT2D eigenvalue weighted by molar-refractivity contribution is 5.89. The first-order valence-corrected chi connectivity index (χ1v) is 11.7. The summed E-state index contributed by atoms with van der Waals surface area (Å²) in [4.78, 5) is 11.6. The topological polar surface area (TPSA) is 38.3 Å². The average Bonchev–Trinajstić information content (AvgIpc) is 2.77. The molecule has 1 N–H and O–H groups in total. The zero-order valence-electron chi connectivity index (χ0n) is 19.2. The van der Waals surface area contributed by atoms with Gasteiger partial charge < -0.3 is 10.1 Å². The highest BCUT2D eigenvalue weighted by Gasteiger charge is 2.05. The van der Waals surface area contributed by atoms with Crippen LogP contribution in [0.3, 0.4) is 0 Å². The van der Waals surface area contributed by atoms with E-state index in [2.05, 4.69) is 48.3 Å². The van der Waals surface area contributed by atoms with Crippen molar-refractivity contribution in [3.63, 3.8) is 0 Å². The molecule has 0 amide bonds. The van der Waals surface area contributed by atoms with Crippen molar-refractivity contribution < 1.29 is 9.53 Å². The molecule has 0 aliphatic rings. The second-order valence-corrected chi connectivity index (χ2v) is 7.97. The van der Waals surface area contributed by atoms with E-state index in [0.717, 1.165) is 25.1 Å². The summed E-state index contributed by atoms with van der Waals surface area (Å²) in [6.07, 6.45) is 10.7. The van der Waals surface area contributed by atoms with Crippen LogP contribution in [0.2, 0.25) is 0 Å². The maximum atomic E-state index is 11.6. The quantitative estimate of drug-likeness (QED) is 0.217. The third-order valence-electron chi connectivity index (χ3n) is 5.20. The smallest absolute Gasteiger partial charge is 0.338 e. The molecule has 0 bridgehead atoms. The first kappa shape index (κ1) is 24.5. The van der Waals surface area contributed by atoms with E-state index in [1.165, 1.54) is 56.1 Å². The van der Waals surface area contributed by atoms with E-state index in [4.69, 9.17) is 4.74 Å². The molecule has 0 aliphatic heterocycles. The normalized spacial score (nSPS) is 10.3. The summed E-state index contributed by atoms with van der Waals surface area (Å²) in [7, 11) is 0. The summed E-state index contributed by atoms with van der Waals surface area (Å²) in [5.74, 6) is 6.36. The van der Waals surface area contributed by atoms with Gasteiger partial charge in [-0.3, -0.25) is 0 Å². The molecule has 3 nitrogen and oxygen atoms in total. The predicted octanol–water partition coefficient (Wildman–Crippen LogP) is 6.95. The third kappa shape index (κ3) is 10.7. The second-order valence-electron chi connectivity index (χ2n) is 7.97. The van der Waals surface area contributed by atoms with Crippen molar-refractivity contribution in [3.05, 3.63) is 65.2 Å². The number of nitrogens with one attached hydrogen (secondary N) is 1. The average molecular weight is 420 g/mol. The predicted molar refractivity (Wildman–Crippen MR) is 130 cm³/mol. The van der Waals surface area contributed by atoms with Gasteiger partial charge in [0.15, 0.2) is 0 Å². The molecule has 2 aromatic carbocycles. The largest absolute Gasteiger partial charge is 0.462 e. The summed E-state index contributed by atoms with van der Waals surface area (Å²) >= 11 is 0. The lowest BCUT2D eigenvalue weighted by molar-refractivity contribution is 0.0526. The number of hydrogen-bond donors (Lipinski definition) is 1. The number of anilines is 1.